The van der Waals surface area contributed by atoms with Gasteiger partial charge in [0.2, 0.25) is 0 Å². The predicted octanol–water partition coefficient (Wildman–Crippen LogP) is 2.13. The molecule has 1 atom stereocenters. The largest absolute Gasteiger partial charge is 0.441 e. The molecule has 0 aliphatic carbocycles. The standard InChI is InChI=1S/C13H12N2O3S/c16-7-10-6-15(13(17)18-10)12-14-11(8-19-12)9-4-2-1-3-5-9/h1-5,8,10,16H,6-7H2/t10-/m1/s1. The van der Waals surface area contributed by atoms with E-state index in [1.807, 2.05) is 35.7 Å². The minimum absolute atomic E-state index is 0.168. The number of ether oxygens (including phenoxy) is 1. The van der Waals surface area contributed by atoms with E-state index in [0.29, 0.717) is 11.7 Å². The molecule has 0 saturated carbocycles. The maximum Gasteiger partial charge on any atom is 0.416 e. The maximum atomic E-state index is 11.6. The number of aliphatic hydroxyl groups excluding tert-OH is 1. The van der Waals surface area contributed by atoms with Gasteiger partial charge in [-0.1, -0.05) is 30.3 Å². The average molecular weight is 276 g/mol. The summed E-state index contributed by atoms with van der Waals surface area (Å²) in [5.41, 5.74) is 1.84. The van der Waals surface area contributed by atoms with Gasteiger partial charge in [0.1, 0.15) is 6.10 Å². The van der Waals surface area contributed by atoms with E-state index in [2.05, 4.69) is 4.98 Å². The van der Waals surface area contributed by atoms with Crippen LogP contribution in [-0.2, 0) is 4.74 Å². The molecule has 3 rings (SSSR count). The molecule has 98 valence electrons. The Kier molecular flexibility index (Phi) is 3.18. The second-order valence-corrected chi connectivity index (χ2v) is 5.02. The highest BCUT2D eigenvalue weighted by Crippen LogP contribution is 2.29. The minimum atomic E-state index is -0.462. The summed E-state index contributed by atoms with van der Waals surface area (Å²) in [6.07, 6.45) is -0.912. The number of amides is 1. The van der Waals surface area contributed by atoms with Crippen molar-refractivity contribution >= 4 is 22.6 Å². The van der Waals surface area contributed by atoms with Crippen LogP contribution in [0.1, 0.15) is 0 Å². The van der Waals surface area contributed by atoms with Crippen LogP contribution in [0.4, 0.5) is 9.93 Å². The van der Waals surface area contributed by atoms with Crippen LogP contribution in [0, 0.1) is 0 Å². The third-order valence-electron chi connectivity index (χ3n) is 2.87. The number of hydrogen-bond donors (Lipinski definition) is 1. The molecule has 1 amide bonds. The summed E-state index contributed by atoms with van der Waals surface area (Å²) >= 11 is 1.39. The van der Waals surface area contributed by atoms with Gasteiger partial charge < -0.3 is 9.84 Å². The fourth-order valence-electron chi connectivity index (χ4n) is 1.90. The molecule has 2 heterocycles. The lowest BCUT2D eigenvalue weighted by atomic mass is 10.2. The lowest BCUT2D eigenvalue weighted by Gasteiger charge is -2.07. The molecular formula is C13H12N2O3S. The fourth-order valence-corrected chi connectivity index (χ4v) is 2.74. The summed E-state index contributed by atoms with van der Waals surface area (Å²) < 4.78 is 5.00. The molecule has 0 unspecified atom stereocenters. The van der Waals surface area contributed by atoms with Crippen molar-refractivity contribution in [2.75, 3.05) is 18.1 Å². The predicted molar refractivity (Wildman–Crippen MR) is 72.3 cm³/mol. The Morgan fingerprint density at radius 3 is 2.89 bits per heavy atom. The topological polar surface area (TPSA) is 62.7 Å². The number of cyclic esters (lactones) is 1. The molecule has 1 aromatic heterocycles. The van der Waals surface area contributed by atoms with Gasteiger partial charge in [0.25, 0.3) is 0 Å². The first-order valence-corrected chi connectivity index (χ1v) is 6.76. The van der Waals surface area contributed by atoms with Crippen LogP contribution in [0.5, 0.6) is 0 Å². The molecule has 0 bridgehead atoms. The van der Waals surface area contributed by atoms with E-state index in [-0.39, 0.29) is 6.61 Å². The summed E-state index contributed by atoms with van der Waals surface area (Å²) in [4.78, 5) is 17.5. The van der Waals surface area contributed by atoms with E-state index < -0.39 is 12.2 Å². The number of carbonyl (C=O) groups excluding carboxylic acids is 1. The number of aromatic nitrogens is 1. The number of anilines is 1. The number of nitrogens with zero attached hydrogens (tertiary/aromatic N) is 2. The zero-order valence-electron chi connectivity index (χ0n) is 10.0. The number of benzene rings is 1. The Morgan fingerprint density at radius 1 is 1.42 bits per heavy atom. The zero-order chi connectivity index (χ0) is 13.2. The van der Waals surface area contributed by atoms with E-state index in [1.54, 1.807) is 0 Å². The summed E-state index contributed by atoms with van der Waals surface area (Å²) in [6, 6.07) is 9.77. The van der Waals surface area contributed by atoms with Crippen LogP contribution >= 0.6 is 11.3 Å². The van der Waals surface area contributed by atoms with E-state index >= 15 is 0 Å². The first-order chi connectivity index (χ1) is 9.28. The highest BCUT2D eigenvalue weighted by molar-refractivity contribution is 7.14. The van der Waals surface area contributed by atoms with Crippen molar-refractivity contribution in [3.05, 3.63) is 35.7 Å². The van der Waals surface area contributed by atoms with Crippen LogP contribution in [-0.4, -0.2) is 35.4 Å². The monoisotopic (exact) mass is 276 g/mol. The molecule has 6 heteroatoms. The van der Waals surface area contributed by atoms with Crippen LogP contribution in [0.15, 0.2) is 35.7 Å². The van der Waals surface area contributed by atoms with Crippen LogP contribution < -0.4 is 4.90 Å². The normalized spacial score (nSPS) is 18.7. The number of carbonyl (C=O) groups is 1. The molecule has 1 aliphatic heterocycles. The van der Waals surface area contributed by atoms with Gasteiger partial charge >= 0.3 is 6.09 Å². The maximum absolute atomic E-state index is 11.6. The second kappa shape index (κ2) is 4.99. The highest BCUT2D eigenvalue weighted by Gasteiger charge is 2.33. The summed E-state index contributed by atoms with van der Waals surface area (Å²) in [7, 11) is 0. The van der Waals surface area contributed by atoms with Crippen molar-refractivity contribution in [3.63, 3.8) is 0 Å². The second-order valence-electron chi connectivity index (χ2n) is 4.18. The summed E-state index contributed by atoms with van der Waals surface area (Å²) in [5.74, 6) is 0. The smallest absolute Gasteiger partial charge is 0.416 e. The van der Waals surface area contributed by atoms with E-state index in [9.17, 15) is 4.79 Å². The molecule has 1 N–H and O–H groups in total. The molecule has 5 nitrogen and oxygen atoms in total. The molecule has 1 aromatic carbocycles. The zero-order valence-corrected chi connectivity index (χ0v) is 10.8. The number of hydrogen-bond acceptors (Lipinski definition) is 5. The highest BCUT2D eigenvalue weighted by atomic mass is 32.1. The molecule has 1 fully saturated rings. The Hall–Kier alpha value is -1.92. The third-order valence-corrected chi connectivity index (χ3v) is 3.73. The average Bonchev–Trinajstić information content (AvgIpc) is 3.06. The van der Waals surface area contributed by atoms with Crippen LogP contribution in [0.2, 0.25) is 0 Å². The molecule has 0 radical (unpaired) electrons. The molecule has 0 spiro atoms. The van der Waals surface area contributed by atoms with E-state index in [1.165, 1.54) is 16.2 Å². The Balaban J connectivity index is 1.84. The van der Waals surface area contributed by atoms with E-state index in [4.69, 9.17) is 9.84 Å². The van der Waals surface area contributed by atoms with Gasteiger partial charge in [0.15, 0.2) is 5.13 Å². The van der Waals surface area contributed by atoms with Crippen molar-refractivity contribution < 1.29 is 14.6 Å². The Morgan fingerprint density at radius 2 is 2.21 bits per heavy atom. The van der Waals surface area contributed by atoms with Crippen LogP contribution in [0.3, 0.4) is 0 Å². The SMILES string of the molecule is O=C1O[C@@H](CO)CN1c1nc(-c2ccccc2)cs1. The van der Waals surface area contributed by atoms with Crippen molar-refractivity contribution in [3.8, 4) is 11.3 Å². The van der Waals surface area contributed by atoms with E-state index in [0.717, 1.165) is 11.3 Å². The quantitative estimate of drug-likeness (QED) is 0.932. The number of aliphatic hydroxyl groups is 1. The molecular weight excluding hydrogens is 264 g/mol. The molecule has 1 aliphatic rings. The van der Waals surface area contributed by atoms with Gasteiger partial charge in [0.05, 0.1) is 18.8 Å². The molecule has 1 saturated heterocycles. The van der Waals surface area contributed by atoms with Gasteiger partial charge in [-0.05, 0) is 0 Å². The third kappa shape index (κ3) is 2.32. The lowest BCUT2D eigenvalue weighted by Crippen LogP contribution is -2.25. The van der Waals surface area contributed by atoms with Crippen LogP contribution in [0.25, 0.3) is 11.3 Å². The van der Waals surface area contributed by atoms with Crippen molar-refractivity contribution in [2.24, 2.45) is 0 Å². The molecule has 19 heavy (non-hydrogen) atoms. The fraction of sp³-hybridized carbons (Fsp3) is 0.231. The Bertz CT molecular complexity index is 585. The summed E-state index contributed by atoms with van der Waals surface area (Å²) in [6.45, 7) is 0.177. The Labute approximate surface area is 114 Å². The van der Waals surface area contributed by atoms with Crippen molar-refractivity contribution in [1.29, 1.82) is 0 Å². The number of thiazole rings is 1. The lowest BCUT2D eigenvalue weighted by molar-refractivity contribution is 0.0963. The number of rotatable bonds is 3. The van der Waals surface area contributed by atoms with Gasteiger partial charge in [-0.15, -0.1) is 11.3 Å². The molecule has 2 aromatic rings. The van der Waals surface area contributed by atoms with Gasteiger partial charge in [-0.3, -0.25) is 0 Å². The van der Waals surface area contributed by atoms with Crippen molar-refractivity contribution in [2.45, 2.75) is 6.10 Å². The first kappa shape index (κ1) is 12.1. The van der Waals surface area contributed by atoms with Gasteiger partial charge in [-0.25, -0.2) is 14.7 Å². The van der Waals surface area contributed by atoms with Gasteiger partial charge in [0, 0.05) is 10.9 Å². The first-order valence-electron chi connectivity index (χ1n) is 5.88. The minimum Gasteiger partial charge on any atom is -0.441 e. The van der Waals surface area contributed by atoms with Crippen molar-refractivity contribution in [1.82, 2.24) is 4.98 Å². The summed E-state index contributed by atoms with van der Waals surface area (Å²) in [5, 5.41) is 11.5. The van der Waals surface area contributed by atoms with Gasteiger partial charge in [-0.2, -0.15) is 0 Å².